The van der Waals surface area contributed by atoms with Gasteiger partial charge in [0.2, 0.25) is 11.5 Å². The summed E-state index contributed by atoms with van der Waals surface area (Å²) in [7, 11) is -4.94. The van der Waals surface area contributed by atoms with Gasteiger partial charge in [0.25, 0.3) is 11.8 Å². The molecule has 3 heterocycles. The van der Waals surface area contributed by atoms with Gasteiger partial charge >= 0.3 is 16.3 Å². The van der Waals surface area contributed by atoms with Crippen molar-refractivity contribution in [3.63, 3.8) is 0 Å². The lowest BCUT2D eigenvalue weighted by Crippen LogP contribution is -2.75. The summed E-state index contributed by atoms with van der Waals surface area (Å²) in [5.74, 6) is -3.83. The van der Waals surface area contributed by atoms with Crippen LogP contribution in [0.4, 0.5) is 5.13 Å². The Hall–Kier alpha value is -3.31. The molecule has 0 saturated carbocycles. The zero-order valence-corrected chi connectivity index (χ0v) is 18.9. The number of rotatable bonds is 9. The second-order valence-corrected chi connectivity index (χ2v) is 9.82. The van der Waals surface area contributed by atoms with E-state index in [2.05, 4.69) is 15.5 Å². The van der Waals surface area contributed by atoms with Crippen LogP contribution >= 0.6 is 11.3 Å². The Morgan fingerprint density at radius 1 is 1.42 bits per heavy atom. The van der Waals surface area contributed by atoms with Gasteiger partial charge in [0, 0.05) is 24.9 Å². The molecule has 0 spiro atoms. The fourth-order valence-corrected chi connectivity index (χ4v) is 4.35. The van der Waals surface area contributed by atoms with E-state index in [1.165, 1.54) is 24.1 Å². The fraction of sp³-hybridized carbons (Fsp3) is 0.500. The van der Waals surface area contributed by atoms with Gasteiger partial charge in [-0.3, -0.25) is 18.9 Å². The Kier molecular flexibility index (Phi) is 6.31. The summed E-state index contributed by atoms with van der Waals surface area (Å²) in [6.45, 7) is 2.45. The predicted octanol–water partition coefficient (Wildman–Crippen LogP) is -1.96. The van der Waals surface area contributed by atoms with E-state index in [1.807, 2.05) is 0 Å². The number of nitrogen functional groups attached to an aromatic ring is 1. The molecule has 1 aromatic rings. The smallest absolute Gasteiger partial charge is 0.362 e. The van der Waals surface area contributed by atoms with Gasteiger partial charge in [-0.25, -0.2) is 14.1 Å². The predicted molar refractivity (Wildman–Crippen MR) is 111 cm³/mol. The van der Waals surface area contributed by atoms with Crippen LogP contribution < -0.4 is 11.1 Å². The minimum Gasteiger partial charge on any atom is -0.478 e. The molecule has 0 aliphatic carbocycles. The Morgan fingerprint density at radius 2 is 2.09 bits per heavy atom. The van der Waals surface area contributed by atoms with Gasteiger partial charge in [-0.15, -0.1) is 11.3 Å². The molecule has 2 unspecified atom stereocenters. The highest BCUT2D eigenvalue weighted by Gasteiger charge is 2.55. The van der Waals surface area contributed by atoms with Crippen molar-refractivity contribution in [2.45, 2.75) is 38.0 Å². The van der Waals surface area contributed by atoms with Crippen LogP contribution in [0.2, 0.25) is 0 Å². The highest BCUT2D eigenvalue weighted by atomic mass is 32.2. The van der Waals surface area contributed by atoms with Crippen molar-refractivity contribution < 1.29 is 42.1 Å². The first-order chi connectivity index (χ1) is 15.2. The van der Waals surface area contributed by atoms with E-state index in [4.69, 9.17) is 10.6 Å². The van der Waals surface area contributed by atoms with Crippen LogP contribution in [0.1, 0.15) is 26.0 Å². The number of carboxylic acid groups (broad SMARTS) is 1. The number of nitrogens with two attached hydrogens (primary N) is 1. The minimum atomic E-state index is -4.94. The van der Waals surface area contributed by atoms with Gasteiger partial charge < -0.3 is 25.9 Å². The third-order valence-electron chi connectivity index (χ3n) is 4.92. The molecule has 2 aliphatic rings. The number of β-lactam (4-membered cyclic amide) rings is 2. The molecule has 2 fully saturated rings. The molecule has 2 atom stereocenters. The Morgan fingerprint density at radius 3 is 2.55 bits per heavy atom. The van der Waals surface area contributed by atoms with Crippen LogP contribution in [0, 0.1) is 0 Å². The summed E-state index contributed by atoms with van der Waals surface area (Å²) in [6.07, 6.45) is 0.252. The second-order valence-electron chi connectivity index (χ2n) is 7.64. The monoisotopic (exact) mass is 504 g/mol. The van der Waals surface area contributed by atoms with Gasteiger partial charge in [0.1, 0.15) is 11.7 Å². The van der Waals surface area contributed by atoms with Crippen LogP contribution in [-0.2, 0) is 34.3 Å². The number of aromatic nitrogens is 1. The highest BCUT2D eigenvalue weighted by molar-refractivity contribution is 7.84. The number of nitrogens with zero attached hydrogens (tertiary/aromatic N) is 4. The van der Waals surface area contributed by atoms with Crippen molar-refractivity contribution in [1.82, 2.24) is 19.5 Å². The van der Waals surface area contributed by atoms with Crippen LogP contribution in [-0.4, -0.2) is 92.4 Å². The number of carboxylic acids is 1. The molecule has 1 aromatic heterocycles. The number of anilines is 1. The number of amides is 3. The maximum atomic E-state index is 12.9. The van der Waals surface area contributed by atoms with Crippen molar-refractivity contribution in [3.05, 3.63) is 11.1 Å². The summed E-state index contributed by atoms with van der Waals surface area (Å²) < 4.78 is 32.7. The van der Waals surface area contributed by atoms with E-state index >= 15 is 0 Å². The first-order valence-corrected chi connectivity index (χ1v) is 11.6. The third-order valence-corrected chi connectivity index (χ3v) is 6.54. The van der Waals surface area contributed by atoms with Crippen LogP contribution in [0.15, 0.2) is 10.5 Å². The average molecular weight is 505 g/mol. The minimum absolute atomic E-state index is 0.0643. The molecule has 0 radical (unpaired) electrons. The number of hydrogen-bond acceptors (Lipinski definition) is 11. The average Bonchev–Trinajstić information content (AvgIpc) is 3.12. The number of carbonyl (C=O) groups excluding carboxylic acids is 3. The lowest BCUT2D eigenvalue weighted by molar-refractivity contribution is -0.161. The number of oxime groups is 1. The molecule has 3 rings (SSSR count). The molecule has 15 nitrogen and oxygen atoms in total. The normalized spacial score (nSPS) is 21.4. The summed E-state index contributed by atoms with van der Waals surface area (Å²) >= 11 is 0.955. The zero-order valence-electron chi connectivity index (χ0n) is 17.3. The third kappa shape index (κ3) is 4.88. The Bertz CT molecular complexity index is 1150. The molecule has 17 heteroatoms. The number of aliphatic carboxylic acids is 1. The molecule has 2 saturated heterocycles. The summed E-state index contributed by atoms with van der Waals surface area (Å²) in [5.41, 5.74) is 3.16. The van der Waals surface area contributed by atoms with E-state index in [0.29, 0.717) is 6.54 Å². The van der Waals surface area contributed by atoms with E-state index in [1.54, 1.807) is 0 Å². The topological polar surface area (TPSA) is 222 Å². The summed E-state index contributed by atoms with van der Waals surface area (Å²) in [4.78, 5) is 58.3. The van der Waals surface area contributed by atoms with Gasteiger partial charge in [-0.1, -0.05) is 5.16 Å². The molecule has 180 valence electrons. The quantitative estimate of drug-likeness (QED) is 0.125. The lowest BCUT2D eigenvalue weighted by atomic mass is 9.96. The van der Waals surface area contributed by atoms with E-state index in [-0.39, 0.29) is 34.0 Å². The standard InChI is InChI=1S/C16H20N6O9S2/c1-16(2,14(26)27)31-20-10(7-6-32-15(17)18-7)12(24)19-11-8(5-21-4-3-9(21)23)22(13(11)25)33(28,29)30/h6,8,11H,3-5H2,1-2H3,(H2,17,18)(H,19,24)(H,26,27)(H,28,29,30). The van der Waals surface area contributed by atoms with Gasteiger partial charge in [0.05, 0.1) is 6.04 Å². The number of thiazole rings is 1. The Balaban J connectivity index is 1.85. The number of carbonyl (C=O) groups is 4. The maximum absolute atomic E-state index is 12.9. The molecular formula is C16H20N6O9S2. The number of nitrogens with one attached hydrogen (secondary N) is 1. The largest absolute Gasteiger partial charge is 0.478 e. The molecule has 5 N–H and O–H groups in total. The molecule has 3 amide bonds. The molecule has 0 aromatic carbocycles. The summed E-state index contributed by atoms with van der Waals surface area (Å²) in [5, 5.41) is 16.5. The second kappa shape index (κ2) is 8.56. The maximum Gasteiger partial charge on any atom is 0.362 e. The van der Waals surface area contributed by atoms with E-state index in [0.717, 1.165) is 11.3 Å². The van der Waals surface area contributed by atoms with Crippen molar-refractivity contribution in [2.24, 2.45) is 5.16 Å². The number of hydrogen-bond donors (Lipinski definition) is 4. The first-order valence-electron chi connectivity index (χ1n) is 9.32. The molecule has 2 aliphatic heterocycles. The van der Waals surface area contributed by atoms with Crippen LogP contribution in [0.25, 0.3) is 0 Å². The molecule has 0 bridgehead atoms. The van der Waals surface area contributed by atoms with Crippen LogP contribution in [0.5, 0.6) is 0 Å². The van der Waals surface area contributed by atoms with Gasteiger partial charge in [0.15, 0.2) is 10.8 Å². The molecule has 33 heavy (non-hydrogen) atoms. The summed E-state index contributed by atoms with van der Waals surface area (Å²) in [6, 6.07) is -2.69. The van der Waals surface area contributed by atoms with E-state index in [9.17, 15) is 37.3 Å². The van der Waals surface area contributed by atoms with E-state index < -0.39 is 51.5 Å². The highest BCUT2D eigenvalue weighted by Crippen LogP contribution is 2.26. The molecular weight excluding hydrogens is 484 g/mol. The Labute approximate surface area is 191 Å². The zero-order chi connectivity index (χ0) is 24.7. The number of likely N-dealkylation sites (tertiary alicyclic amines) is 1. The lowest BCUT2D eigenvalue weighted by Gasteiger charge is -2.47. The van der Waals surface area contributed by atoms with Crippen molar-refractivity contribution in [1.29, 1.82) is 0 Å². The van der Waals surface area contributed by atoms with Crippen molar-refractivity contribution in [3.8, 4) is 0 Å². The first kappa shape index (κ1) is 24.3. The van der Waals surface area contributed by atoms with Crippen LogP contribution in [0.3, 0.4) is 0 Å². The van der Waals surface area contributed by atoms with Gasteiger partial charge in [-0.05, 0) is 13.8 Å². The van der Waals surface area contributed by atoms with Gasteiger partial charge in [-0.2, -0.15) is 8.42 Å². The van der Waals surface area contributed by atoms with Crippen molar-refractivity contribution >= 4 is 56.2 Å². The fourth-order valence-electron chi connectivity index (χ4n) is 2.93. The van der Waals surface area contributed by atoms with Crippen molar-refractivity contribution in [2.75, 3.05) is 18.8 Å². The SMILES string of the molecule is CC(C)(ON=C(C(=O)NC1C(=O)N(S(=O)(=O)O)C1CN1CCC1=O)c1csc(N)n1)C(=O)O.